The molecular weight excluding hydrogens is 264 g/mol. The maximum Gasteiger partial charge on any atom is 0.227 e. The third-order valence-electron chi connectivity index (χ3n) is 4.48. The summed E-state index contributed by atoms with van der Waals surface area (Å²) in [4.78, 5) is 23.8. The van der Waals surface area contributed by atoms with Crippen LogP contribution in [0.5, 0.6) is 0 Å². The molecule has 1 N–H and O–H groups in total. The first kappa shape index (κ1) is 14.3. The second kappa shape index (κ2) is 6.00. The zero-order valence-electron chi connectivity index (χ0n) is 13.0. The molecule has 3 rings (SSSR count). The van der Waals surface area contributed by atoms with Crippen molar-refractivity contribution in [3.8, 4) is 0 Å². The number of carbonyl (C=O) groups is 1. The highest BCUT2D eigenvalue weighted by atomic mass is 16.1. The summed E-state index contributed by atoms with van der Waals surface area (Å²) in [6, 6.07) is 0. The zero-order valence-corrected chi connectivity index (χ0v) is 13.0. The second-order valence-corrected chi connectivity index (χ2v) is 6.17. The Morgan fingerprint density at radius 2 is 2.00 bits per heavy atom. The first-order valence-corrected chi connectivity index (χ1v) is 8.12. The molecule has 0 aromatic carbocycles. The summed E-state index contributed by atoms with van der Waals surface area (Å²) in [6.45, 7) is 7.13. The first-order valence-electron chi connectivity index (χ1n) is 8.12. The number of nitrogens with zero attached hydrogens (tertiary/aromatic N) is 3. The van der Waals surface area contributed by atoms with Gasteiger partial charge in [-0.05, 0) is 38.5 Å². The Kier molecular flexibility index (Phi) is 4.08. The third-order valence-corrected chi connectivity index (χ3v) is 4.48. The van der Waals surface area contributed by atoms with Crippen molar-refractivity contribution < 1.29 is 4.79 Å². The van der Waals surface area contributed by atoms with Crippen molar-refractivity contribution in [3.63, 3.8) is 0 Å². The number of piperidine rings is 1. The summed E-state index contributed by atoms with van der Waals surface area (Å²) >= 11 is 0. The number of aromatic nitrogens is 2. The number of anilines is 2. The van der Waals surface area contributed by atoms with Gasteiger partial charge in [0.15, 0.2) is 5.78 Å². The molecule has 1 aromatic heterocycles. The minimum Gasteiger partial charge on any atom is -0.370 e. The third kappa shape index (κ3) is 2.87. The number of hydrogen-bond acceptors (Lipinski definition) is 5. The molecule has 0 saturated carbocycles. The van der Waals surface area contributed by atoms with Gasteiger partial charge in [-0.15, -0.1) is 0 Å². The van der Waals surface area contributed by atoms with Crippen LogP contribution in [0.25, 0.3) is 0 Å². The molecule has 1 aliphatic carbocycles. The number of rotatable bonds is 3. The van der Waals surface area contributed by atoms with Crippen LogP contribution in [0.1, 0.15) is 55.6 Å². The zero-order chi connectivity index (χ0) is 14.8. The second-order valence-electron chi connectivity index (χ2n) is 6.17. The van der Waals surface area contributed by atoms with Gasteiger partial charge in [0.2, 0.25) is 5.95 Å². The first-order chi connectivity index (χ1) is 10.2. The van der Waals surface area contributed by atoms with Gasteiger partial charge in [0.25, 0.3) is 0 Å². The van der Waals surface area contributed by atoms with Crippen LogP contribution < -0.4 is 10.2 Å². The Bertz CT molecular complexity index is 535. The molecule has 5 heteroatoms. The van der Waals surface area contributed by atoms with Gasteiger partial charge in [0.05, 0.1) is 11.3 Å². The van der Waals surface area contributed by atoms with Crippen molar-refractivity contribution in [1.82, 2.24) is 9.97 Å². The molecule has 5 nitrogen and oxygen atoms in total. The van der Waals surface area contributed by atoms with E-state index < -0.39 is 0 Å². The molecule has 0 amide bonds. The fraction of sp³-hybridized carbons (Fsp3) is 0.688. The van der Waals surface area contributed by atoms with E-state index in [4.69, 9.17) is 4.98 Å². The number of Topliss-reactive ketones (excluding diaryl/α,β-unsaturated/α-hetero) is 1. The largest absolute Gasteiger partial charge is 0.370 e. The van der Waals surface area contributed by atoms with Crippen molar-refractivity contribution >= 4 is 17.5 Å². The van der Waals surface area contributed by atoms with E-state index >= 15 is 0 Å². The summed E-state index contributed by atoms with van der Waals surface area (Å²) in [5.74, 6) is 2.51. The van der Waals surface area contributed by atoms with Crippen molar-refractivity contribution in [3.05, 3.63) is 11.3 Å². The summed E-state index contributed by atoms with van der Waals surface area (Å²) < 4.78 is 0. The quantitative estimate of drug-likeness (QED) is 0.926. The molecule has 21 heavy (non-hydrogen) atoms. The Balaban J connectivity index is 1.95. The van der Waals surface area contributed by atoms with Gasteiger partial charge in [-0.25, -0.2) is 4.98 Å². The standard InChI is InChI=1S/C16H24N4O/c1-3-17-15-14-12(5-4-6-13(14)21)18-16(19-15)20-9-7-11(2)8-10-20/h11H,3-10H2,1-2H3,(H,17,18,19). The van der Waals surface area contributed by atoms with Crippen LogP contribution in [0.15, 0.2) is 0 Å². The smallest absolute Gasteiger partial charge is 0.227 e. The normalized spacial score (nSPS) is 19.5. The average Bonchev–Trinajstić information content (AvgIpc) is 2.48. The molecule has 0 bridgehead atoms. The van der Waals surface area contributed by atoms with Crippen molar-refractivity contribution in [2.45, 2.75) is 46.0 Å². The van der Waals surface area contributed by atoms with Crippen LogP contribution in [-0.2, 0) is 6.42 Å². The van der Waals surface area contributed by atoms with Crippen LogP contribution in [0.4, 0.5) is 11.8 Å². The fourth-order valence-electron chi connectivity index (χ4n) is 3.15. The van der Waals surface area contributed by atoms with E-state index in [0.29, 0.717) is 6.42 Å². The van der Waals surface area contributed by atoms with Crippen molar-refractivity contribution in [1.29, 1.82) is 0 Å². The maximum absolute atomic E-state index is 12.2. The van der Waals surface area contributed by atoms with Crippen LogP contribution in [-0.4, -0.2) is 35.4 Å². The van der Waals surface area contributed by atoms with E-state index in [1.54, 1.807) is 0 Å². The van der Waals surface area contributed by atoms with E-state index in [-0.39, 0.29) is 5.78 Å². The van der Waals surface area contributed by atoms with E-state index in [0.717, 1.165) is 61.4 Å². The van der Waals surface area contributed by atoms with Crippen molar-refractivity contribution in [2.75, 3.05) is 29.9 Å². The number of carbonyl (C=O) groups excluding carboxylic acids is 1. The number of aryl methyl sites for hydroxylation is 1. The highest BCUT2D eigenvalue weighted by Crippen LogP contribution is 2.29. The Hall–Kier alpha value is -1.65. The van der Waals surface area contributed by atoms with Gasteiger partial charge < -0.3 is 10.2 Å². The maximum atomic E-state index is 12.2. The minimum atomic E-state index is 0.186. The van der Waals surface area contributed by atoms with Gasteiger partial charge in [0.1, 0.15) is 5.82 Å². The van der Waals surface area contributed by atoms with Crippen LogP contribution >= 0.6 is 0 Å². The van der Waals surface area contributed by atoms with E-state index in [1.165, 1.54) is 12.8 Å². The number of fused-ring (bicyclic) bond motifs is 1. The minimum absolute atomic E-state index is 0.186. The molecule has 0 atom stereocenters. The monoisotopic (exact) mass is 288 g/mol. The Morgan fingerprint density at radius 1 is 1.24 bits per heavy atom. The van der Waals surface area contributed by atoms with Gasteiger partial charge >= 0.3 is 0 Å². The lowest BCUT2D eigenvalue weighted by Gasteiger charge is -2.31. The van der Waals surface area contributed by atoms with Crippen LogP contribution in [0.3, 0.4) is 0 Å². The number of hydrogen-bond donors (Lipinski definition) is 1. The molecule has 1 aliphatic heterocycles. The van der Waals surface area contributed by atoms with Crippen LogP contribution in [0, 0.1) is 5.92 Å². The van der Waals surface area contributed by atoms with Crippen molar-refractivity contribution in [2.24, 2.45) is 5.92 Å². The topological polar surface area (TPSA) is 58.1 Å². The molecule has 2 heterocycles. The lowest BCUT2D eigenvalue weighted by atomic mass is 9.95. The Labute approximate surface area is 126 Å². The number of ketones is 1. The van der Waals surface area contributed by atoms with E-state index in [1.807, 2.05) is 6.92 Å². The molecule has 1 fully saturated rings. The predicted molar refractivity (Wildman–Crippen MR) is 84.1 cm³/mol. The molecule has 0 radical (unpaired) electrons. The molecule has 0 spiro atoms. The molecule has 2 aliphatic rings. The molecule has 1 aromatic rings. The summed E-state index contributed by atoms with van der Waals surface area (Å²) in [6.07, 6.45) is 4.80. The van der Waals surface area contributed by atoms with Gasteiger partial charge in [-0.2, -0.15) is 4.98 Å². The summed E-state index contributed by atoms with van der Waals surface area (Å²) in [5.41, 5.74) is 1.67. The lowest BCUT2D eigenvalue weighted by molar-refractivity contribution is 0.0972. The fourth-order valence-corrected chi connectivity index (χ4v) is 3.15. The summed E-state index contributed by atoms with van der Waals surface area (Å²) in [7, 11) is 0. The van der Waals surface area contributed by atoms with Crippen LogP contribution in [0.2, 0.25) is 0 Å². The van der Waals surface area contributed by atoms with E-state index in [9.17, 15) is 4.79 Å². The molecule has 0 unspecified atom stereocenters. The highest BCUT2D eigenvalue weighted by molar-refractivity contribution is 6.02. The molecule has 114 valence electrons. The van der Waals surface area contributed by atoms with Gasteiger partial charge in [-0.3, -0.25) is 4.79 Å². The SMILES string of the molecule is CCNc1nc(N2CCC(C)CC2)nc2c1C(=O)CCC2. The predicted octanol–water partition coefficient (Wildman–Crippen LogP) is 2.66. The highest BCUT2D eigenvalue weighted by Gasteiger charge is 2.26. The average molecular weight is 288 g/mol. The van der Waals surface area contributed by atoms with E-state index in [2.05, 4.69) is 22.1 Å². The Morgan fingerprint density at radius 3 is 2.71 bits per heavy atom. The lowest BCUT2D eigenvalue weighted by Crippen LogP contribution is -2.35. The molecular formula is C16H24N4O. The van der Waals surface area contributed by atoms with Gasteiger partial charge in [-0.1, -0.05) is 6.92 Å². The van der Waals surface area contributed by atoms with Gasteiger partial charge in [0, 0.05) is 26.1 Å². The molecule has 1 saturated heterocycles. The number of nitrogens with one attached hydrogen (secondary N) is 1. The summed E-state index contributed by atoms with van der Waals surface area (Å²) in [5, 5.41) is 3.26.